The fourth-order valence-corrected chi connectivity index (χ4v) is 9.22. The highest BCUT2D eigenvalue weighted by Crippen LogP contribution is 2.23. The average molecular weight is 1220 g/mol. The Kier molecular flexibility index (Phi) is 21.5. The summed E-state index contributed by atoms with van der Waals surface area (Å²) in [6, 6.07) is 11.1. The Labute approximate surface area is 512 Å². The maximum Gasteiger partial charge on any atom is 0.291 e. The normalized spacial score (nSPS) is 10.8. The van der Waals surface area contributed by atoms with E-state index in [-0.39, 0.29) is 66.6 Å². The van der Waals surface area contributed by atoms with E-state index in [0.717, 1.165) is 18.7 Å². The molecule has 0 aliphatic heterocycles. The van der Waals surface area contributed by atoms with Gasteiger partial charge in [-0.3, -0.25) is 47.9 Å². The van der Waals surface area contributed by atoms with Crippen LogP contribution in [0.1, 0.15) is 98.5 Å². The van der Waals surface area contributed by atoms with E-state index < -0.39 is 35.4 Å². The molecule has 0 aliphatic carbocycles. The molecule has 8 aromatic rings. The minimum absolute atomic E-state index is 0.0910. The van der Waals surface area contributed by atoms with Gasteiger partial charge in [-0.2, -0.15) is 0 Å². The van der Waals surface area contributed by atoms with E-state index in [4.69, 9.17) is 0 Å². The number of imidazole rings is 1. The van der Waals surface area contributed by atoms with Gasteiger partial charge in [0.1, 0.15) is 34.2 Å². The molecule has 0 unspecified atom stereocenters. The summed E-state index contributed by atoms with van der Waals surface area (Å²) in [4.78, 5) is 131. The van der Waals surface area contributed by atoms with Crippen LogP contribution < -0.4 is 53.2 Å². The summed E-state index contributed by atoms with van der Waals surface area (Å²) in [6.45, 7) is 3.70. The molecule has 30 nitrogen and oxygen atoms in total. The zero-order chi connectivity index (χ0) is 64.8. The van der Waals surface area contributed by atoms with Crippen molar-refractivity contribution in [2.75, 3.05) is 77.5 Å². The van der Waals surface area contributed by atoms with Crippen LogP contribution in [0.15, 0.2) is 98.2 Å². The summed E-state index contributed by atoms with van der Waals surface area (Å²) in [5.74, 6) is -3.07. The summed E-state index contributed by atoms with van der Waals surface area (Å²) in [5.41, 5.74) is 5.93. The van der Waals surface area contributed by atoms with Gasteiger partial charge in [-0.1, -0.05) is 0 Å². The number of carbonyl (C=O) groups excluding carboxylic acids is 10. The predicted molar refractivity (Wildman–Crippen MR) is 334 cm³/mol. The number of aromatic nitrogens is 9. The minimum Gasteiger partial charge on any atom is -0.356 e. The van der Waals surface area contributed by atoms with Crippen LogP contribution in [0.3, 0.4) is 0 Å². The summed E-state index contributed by atoms with van der Waals surface area (Å²) < 4.78 is 12.9. The lowest BCUT2D eigenvalue weighted by Crippen LogP contribution is -2.32. The Morgan fingerprint density at radius 2 is 0.764 bits per heavy atom. The van der Waals surface area contributed by atoms with Crippen LogP contribution in [0.2, 0.25) is 0 Å². The molecule has 8 aromatic heterocycles. The van der Waals surface area contributed by atoms with E-state index >= 15 is 0 Å². The van der Waals surface area contributed by atoms with Crippen LogP contribution in [0, 0.1) is 6.92 Å². The first-order valence-corrected chi connectivity index (χ1v) is 27.9. The van der Waals surface area contributed by atoms with E-state index in [1.54, 1.807) is 131 Å². The van der Waals surface area contributed by atoms with Gasteiger partial charge < -0.3 is 94.6 Å². The number of aryl methyl sites for hydroxylation is 9. The van der Waals surface area contributed by atoms with Crippen LogP contribution >= 0.6 is 0 Å². The van der Waals surface area contributed by atoms with Crippen molar-refractivity contribution in [3.8, 4) is 0 Å². The zero-order valence-electron chi connectivity index (χ0n) is 51.3. The van der Waals surface area contributed by atoms with Crippen molar-refractivity contribution in [2.24, 2.45) is 56.4 Å². The molecule has 89 heavy (non-hydrogen) atoms. The van der Waals surface area contributed by atoms with Crippen molar-refractivity contribution >= 4 is 99.4 Å². The van der Waals surface area contributed by atoms with Gasteiger partial charge in [0.2, 0.25) is 18.2 Å². The van der Waals surface area contributed by atoms with Gasteiger partial charge in [0.15, 0.2) is 5.82 Å². The van der Waals surface area contributed by atoms with Crippen molar-refractivity contribution in [3.63, 3.8) is 0 Å². The molecule has 0 atom stereocenters. The number of nitrogens with one attached hydrogen (secondary N) is 10. The standard InChI is InChI=1S/C32H37N11O5.C27H37N9O5/c1-19-11-20(15-40(19)3)35-27(44)7-8-34-29(45)24-12-21(16-41(24)4)36-30(46)25-13-22(17-42(25)5)37-31(47)26-14-23(18-43(26)6)38-32(48)28-33-9-10-39(28)2;1-33(2)10-6-8-28-24(38)7-9-29-25(39)21-12-19(15-35(21)4)31-27(41)23-13-20(16-36(23)5)32-26(40)22-11-18(30-17-37)14-34(22)3/h9-18H,7-8H2,1-6H3,(H,34,45)(H,35,44)(H,36,46)(H,37,47)(H,38,48);11-17H,6-10H2,1-5H3,(H,28,38)(H,29,39)(H,30,37)(H,31,41)(H,32,40). The fourth-order valence-electron chi connectivity index (χ4n) is 9.22. The Bertz CT molecular complexity index is 3930. The second kappa shape index (κ2) is 29.3. The topological polar surface area (TPSA) is 347 Å². The van der Waals surface area contributed by atoms with E-state index in [9.17, 15) is 47.9 Å². The summed E-state index contributed by atoms with van der Waals surface area (Å²) in [5, 5.41) is 27.4. The Morgan fingerprint density at radius 1 is 0.416 bits per heavy atom. The molecule has 30 heteroatoms. The molecule has 0 aromatic carbocycles. The number of hydrogen-bond acceptors (Lipinski definition) is 12. The number of hydrogen-bond donors (Lipinski definition) is 10. The molecule has 0 aliphatic rings. The Balaban J connectivity index is 0.000000257. The third kappa shape index (κ3) is 17.5. The molecular weight excluding hydrogens is 1150 g/mol. The smallest absolute Gasteiger partial charge is 0.291 e. The monoisotopic (exact) mass is 1220 g/mol. The number of nitrogens with zero attached hydrogens (tertiary/aromatic N) is 10. The van der Waals surface area contributed by atoms with Crippen molar-refractivity contribution in [1.29, 1.82) is 0 Å². The lowest BCUT2D eigenvalue weighted by atomic mass is 10.3. The molecule has 8 rings (SSSR count). The van der Waals surface area contributed by atoms with Gasteiger partial charge in [-0.15, -0.1) is 0 Å². The summed E-state index contributed by atoms with van der Waals surface area (Å²) >= 11 is 0. The van der Waals surface area contributed by atoms with Crippen LogP contribution in [0.5, 0.6) is 0 Å². The first-order valence-electron chi connectivity index (χ1n) is 27.9. The molecule has 8 heterocycles. The van der Waals surface area contributed by atoms with Crippen LogP contribution in [0.25, 0.3) is 0 Å². The molecule has 0 saturated carbocycles. The maximum atomic E-state index is 13.1. The predicted octanol–water partition coefficient (Wildman–Crippen LogP) is 3.56. The lowest BCUT2D eigenvalue weighted by Gasteiger charge is -2.10. The molecule has 0 fully saturated rings. The first-order chi connectivity index (χ1) is 42.3. The maximum absolute atomic E-state index is 13.1. The third-order valence-electron chi connectivity index (χ3n) is 13.9. The van der Waals surface area contributed by atoms with Crippen molar-refractivity contribution in [1.82, 2.24) is 62.4 Å². The van der Waals surface area contributed by atoms with E-state index in [1.807, 2.05) is 49.8 Å². The van der Waals surface area contributed by atoms with E-state index in [0.29, 0.717) is 69.8 Å². The Morgan fingerprint density at radius 3 is 1.12 bits per heavy atom. The number of amides is 10. The summed E-state index contributed by atoms with van der Waals surface area (Å²) in [7, 11) is 17.6. The molecule has 10 amide bonds. The van der Waals surface area contributed by atoms with E-state index in [1.165, 1.54) is 36.5 Å². The second-order valence-electron chi connectivity index (χ2n) is 21.3. The SMILES string of the molecule is CN(C)CCCNC(=O)CCNC(=O)c1cc(NC(=O)c2cc(NC(=O)c3cc(NC=O)cn3C)cn2C)cn1C.Cc1cc(NC(=O)CCNC(=O)c2cc(NC(=O)c3cc(NC(=O)c4cc(NC(=O)c5nccn5C)cn4C)cn3C)cn2C)cn1C. The molecule has 0 bridgehead atoms. The van der Waals surface area contributed by atoms with Crippen molar-refractivity contribution in [3.05, 3.63) is 144 Å². The third-order valence-corrected chi connectivity index (χ3v) is 13.9. The van der Waals surface area contributed by atoms with Crippen LogP contribution in [0.4, 0.5) is 39.8 Å². The molecule has 10 N–H and O–H groups in total. The van der Waals surface area contributed by atoms with E-state index in [2.05, 4.69) is 58.2 Å². The van der Waals surface area contributed by atoms with Gasteiger partial charge in [-0.05, 0) is 76.4 Å². The second-order valence-corrected chi connectivity index (χ2v) is 21.3. The van der Waals surface area contributed by atoms with Gasteiger partial charge in [0.25, 0.3) is 41.4 Å². The lowest BCUT2D eigenvalue weighted by molar-refractivity contribution is -0.121. The molecule has 0 saturated heterocycles. The average Bonchev–Trinajstić information content (AvgIpc) is 1.88. The Hall–Kier alpha value is -11.2. The number of carbonyl (C=O) groups is 10. The van der Waals surface area contributed by atoms with Crippen LogP contribution in [-0.2, 0) is 70.8 Å². The minimum atomic E-state index is -0.457. The fraction of sp³-hybridized carbons (Fsp3) is 0.305. The van der Waals surface area contributed by atoms with Gasteiger partial charge in [0, 0.05) is 150 Å². The highest BCUT2D eigenvalue weighted by atomic mass is 16.2. The highest BCUT2D eigenvalue weighted by molar-refractivity contribution is 6.10. The van der Waals surface area contributed by atoms with Crippen LogP contribution in [-0.4, -0.2) is 146 Å². The molecule has 0 spiro atoms. The molecular formula is C59H74N20O10. The van der Waals surface area contributed by atoms with Crippen molar-refractivity contribution in [2.45, 2.75) is 26.2 Å². The summed E-state index contributed by atoms with van der Waals surface area (Å²) in [6.07, 6.45) is 16.2. The van der Waals surface area contributed by atoms with Gasteiger partial charge in [0.05, 0.1) is 39.8 Å². The number of anilines is 7. The zero-order valence-corrected chi connectivity index (χ0v) is 51.3. The highest BCUT2D eigenvalue weighted by Gasteiger charge is 2.22. The van der Waals surface area contributed by atoms with Gasteiger partial charge >= 0.3 is 0 Å². The quantitative estimate of drug-likeness (QED) is 0.0290. The van der Waals surface area contributed by atoms with Gasteiger partial charge in [-0.25, -0.2) is 4.98 Å². The molecule has 0 radical (unpaired) electrons. The molecule has 470 valence electrons. The first kappa shape index (κ1) is 65.4. The number of rotatable bonds is 25. The van der Waals surface area contributed by atoms with Crippen molar-refractivity contribution < 1.29 is 47.9 Å². The largest absolute Gasteiger partial charge is 0.356 e.